The molecule has 0 aromatic rings. The highest BCUT2D eigenvalue weighted by atomic mass is 16.2. The Hall–Kier alpha value is -1.10. The minimum Gasteiger partial charge on any atom is -0.356 e. The maximum atomic E-state index is 12.7. The predicted octanol–water partition coefficient (Wildman–Crippen LogP) is 1.39. The monoisotopic (exact) mass is 309 g/mol. The van der Waals surface area contributed by atoms with Crippen LogP contribution in [-0.4, -0.2) is 49.4 Å². The Balaban J connectivity index is 2.00. The van der Waals surface area contributed by atoms with E-state index in [1.807, 2.05) is 4.90 Å². The molecule has 22 heavy (non-hydrogen) atoms. The first kappa shape index (κ1) is 17.3. The summed E-state index contributed by atoms with van der Waals surface area (Å²) >= 11 is 0. The van der Waals surface area contributed by atoms with E-state index in [1.165, 1.54) is 0 Å². The molecule has 5 nitrogen and oxygen atoms in total. The molecule has 2 saturated heterocycles. The van der Waals surface area contributed by atoms with E-state index < -0.39 is 0 Å². The zero-order valence-electron chi connectivity index (χ0n) is 14.1. The maximum absolute atomic E-state index is 12.7. The number of likely N-dealkylation sites (tertiary alicyclic amines) is 1. The van der Waals surface area contributed by atoms with Gasteiger partial charge in [0.05, 0.1) is 0 Å². The van der Waals surface area contributed by atoms with E-state index in [1.54, 1.807) is 6.92 Å². The fourth-order valence-corrected chi connectivity index (χ4v) is 3.96. The van der Waals surface area contributed by atoms with Crippen molar-refractivity contribution in [2.24, 2.45) is 17.8 Å². The first-order valence-corrected chi connectivity index (χ1v) is 8.87. The third kappa shape index (κ3) is 4.45. The summed E-state index contributed by atoms with van der Waals surface area (Å²) in [5.41, 5.74) is 0. The lowest BCUT2D eigenvalue weighted by Gasteiger charge is -2.39. The van der Waals surface area contributed by atoms with E-state index in [-0.39, 0.29) is 17.7 Å². The lowest BCUT2D eigenvalue weighted by Crippen LogP contribution is -2.47. The predicted molar refractivity (Wildman–Crippen MR) is 87.4 cm³/mol. The van der Waals surface area contributed by atoms with E-state index >= 15 is 0 Å². The average Bonchev–Trinajstić information content (AvgIpc) is 2.54. The molecule has 2 aliphatic rings. The van der Waals surface area contributed by atoms with Crippen molar-refractivity contribution in [3.05, 3.63) is 0 Å². The molecule has 2 amide bonds. The summed E-state index contributed by atoms with van der Waals surface area (Å²) in [5.74, 6) is 1.45. The van der Waals surface area contributed by atoms with Gasteiger partial charge in [0.1, 0.15) is 0 Å². The van der Waals surface area contributed by atoms with E-state index in [2.05, 4.69) is 17.6 Å². The van der Waals surface area contributed by atoms with E-state index in [9.17, 15) is 9.59 Å². The van der Waals surface area contributed by atoms with Gasteiger partial charge in [-0.2, -0.15) is 0 Å². The maximum Gasteiger partial charge on any atom is 0.223 e. The van der Waals surface area contributed by atoms with Crippen molar-refractivity contribution in [3.8, 4) is 0 Å². The van der Waals surface area contributed by atoms with Gasteiger partial charge in [-0.25, -0.2) is 0 Å². The molecular formula is C17H31N3O2. The Labute approximate surface area is 134 Å². The van der Waals surface area contributed by atoms with Gasteiger partial charge in [0.15, 0.2) is 0 Å². The van der Waals surface area contributed by atoms with Gasteiger partial charge in [-0.3, -0.25) is 9.59 Å². The van der Waals surface area contributed by atoms with Gasteiger partial charge < -0.3 is 15.5 Å². The summed E-state index contributed by atoms with van der Waals surface area (Å²) in [5, 5.41) is 6.51. The van der Waals surface area contributed by atoms with E-state index in [0.717, 1.165) is 64.8 Å². The second-order valence-corrected chi connectivity index (χ2v) is 6.75. The van der Waals surface area contributed by atoms with Crippen molar-refractivity contribution in [1.29, 1.82) is 0 Å². The van der Waals surface area contributed by atoms with E-state index in [4.69, 9.17) is 0 Å². The molecule has 126 valence electrons. The lowest BCUT2D eigenvalue weighted by atomic mass is 9.72. The minimum atomic E-state index is 0.128. The normalized spacial score (nSPS) is 22.4. The summed E-state index contributed by atoms with van der Waals surface area (Å²) in [7, 11) is 0. The average molecular weight is 309 g/mol. The van der Waals surface area contributed by atoms with Gasteiger partial charge in [-0.05, 0) is 57.0 Å². The first-order valence-electron chi connectivity index (χ1n) is 8.87. The van der Waals surface area contributed by atoms with Crippen molar-refractivity contribution in [2.45, 2.75) is 46.0 Å². The Bertz CT molecular complexity index is 372. The zero-order chi connectivity index (χ0) is 15.9. The number of hydrogen-bond donors (Lipinski definition) is 2. The van der Waals surface area contributed by atoms with Crippen LogP contribution < -0.4 is 10.6 Å². The number of rotatable bonds is 5. The Morgan fingerprint density at radius 1 is 1.14 bits per heavy atom. The fourth-order valence-electron chi connectivity index (χ4n) is 3.96. The van der Waals surface area contributed by atoms with Gasteiger partial charge in [0.2, 0.25) is 11.8 Å². The van der Waals surface area contributed by atoms with Crippen LogP contribution in [0.15, 0.2) is 0 Å². The van der Waals surface area contributed by atoms with Gasteiger partial charge >= 0.3 is 0 Å². The van der Waals surface area contributed by atoms with Crippen LogP contribution in [0.2, 0.25) is 0 Å². The Morgan fingerprint density at radius 2 is 1.73 bits per heavy atom. The number of piperidine rings is 2. The summed E-state index contributed by atoms with van der Waals surface area (Å²) in [6.45, 7) is 8.16. The standard InChI is InChI=1S/C17H31N3O2/c1-3-8-19-17(22)16(14-4-9-18-10-5-14)15-6-11-20(12-7-15)13(2)21/h14-16,18H,3-12H2,1-2H3,(H,19,22). The largest absolute Gasteiger partial charge is 0.356 e. The van der Waals surface area contributed by atoms with Crippen LogP contribution in [0.4, 0.5) is 0 Å². The Morgan fingerprint density at radius 3 is 2.27 bits per heavy atom. The molecule has 0 bridgehead atoms. The molecule has 0 radical (unpaired) electrons. The van der Waals surface area contributed by atoms with Crippen LogP contribution in [0.1, 0.15) is 46.0 Å². The molecule has 0 spiro atoms. The molecule has 2 fully saturated rings. The number of nitrogens with one attached hydrogen (secondary N) is 2. The van der Waals surface area contributed by atoms with Crippen molar-refractivity contribution in [2.75, 3.05) is 32.7 Å². The van der Waals surface area contributed by atoms with Crippen molar-refractivity contribution < 1.29 is 9.59 Å². The molecule has 0 aromatic heterocycles. The second kappa shape index (κ2) is 8.51. The number of carbonyl (C=O) groups is 2. The van der Waals surface area contributed by atoms with Gasteiger partial charge in [-0.15, -0.1) is 0 Å². The molecule has 0 aliphatic carbocycles. The molecule has 2 N–H and O–H groups in total. The molecule has 0 aromatic carbocycles. The van der Waals surface area contributed by atoms with Gasteiger partial charge in [-0.1, -0.05) is 6.92 Å². The minimum absolute atomic E-state index is 0.128. The second-order valence-electron chi connectivity index (χ2n) is 6.75. The van der Waals surface area contributed by atoms with Crippen molar-refractivity contribution in [3.63, 3.8) is 0 Å². The van der Waals surface area contributed by atoms with Crippen LogP contribution in [0.5, 0.6) is 0 Å². The van der Waals surface area contributed by atoms with Crippen LogP contribution in [0.25, 0.3) is 0 Å². The number of amides is 2. The summed E-state index contributed by atoms with van der Waals surface area (Å²) in [4.78, 5) is 26.1. The highest BCUT2D eigenvalue weighted by Crippen LogP contribution is 2.34. The number of hydrogen-bond acceptors (Lipinski definition) is 3. The smallest absolute Gasteiger partial charge is 0.223 e. The molecule has 2 aliphatic heterocycles. The van der Waals surface area contributed by atoms with Gasteiger partial charge in [0.25, 0.3) is 0 Å². The topological polar surface area (TPSA) is 61.4 Å². The molecular weight excluding hydrogens is 278 g/mol. The molecule has 0 saturated carbocycles. The van der Waals surface area contributed by atoms with Gasteiger partial charge in [0, 0.05) is 32.5 Å². The first-order chi connectivity index (χ1) is 10.6. The van der Waals surface area contributed by atoms with Crippen molar-refractivity contribution >= 4 is 11.8 Å². The molecule has 5 heteroatoms. The summed E-state index contributed by atoms with van der Waals surface area (Å²) in [6, 6.07) is 0. The number of nitrogens with zero attached hydrogens (tertiary/aromatic N) is 1. The van der Waals surface area contributed by atoms with Crippen molar-refractivity contribution in [1.82, 2.24) is 15.5 Å². The molecule has 2 heterocycles. The summed E-state index contributed by atoms with van der Waals surface area (Å²) < 4.78 is 0. The third-order valence-electron chi connectivity index (χ3n) is 5.24. The molecule has 1 atom stereocenters. The molecule has 1 unspecified atom stereocenters. The fraction of sp³-hybridized carbons (Fsp3) is 0.882. The van der Waals surface area contributed by atoms with Crippen LogP contribution in [0.3, 0.4) is 0 Å². The van der Waals surface area contributed by atoms with Crippen LogP contribution >= 0.6 is 0 Å². The SMILES string of the molecule is CCCNC(=O)C(C1CCNCC1)C1CCN(C(C)=O)CC1. The zero-order valence-corrected chi connectivity index (χ0v) is 14.1. The Kier molecular flexibility index (Phi) is 6.68. The van der Waals surface area contributed by atoms with E-state index in [0.29, 0.717) is 11.8 Å². The highest BCUT2D eigenvalue weighted by Gasteiger charge is 2.37. The third-order valence-corrected chi connectivity index (χ3v) is 5.24. The lowest BCUT2D eigenvalue weighted by molar-refractivity contribution is -0.133. The highest BCUT2D eigenvalue weighted by molar-refractivity contribution is 5.79. The van der Waals surface area contributed by atoms with Crippen LogP contribution in [-0.2, 0) is 9.59 Å². The summed E-state index contributed by atoms with van der Waals surface area (Å²) in [6.07, 6.45) is 5.10. The number of carbonyl (C=O) groups excluding carboxylic acids is 2. The molecule has 2 rings (SSSR count). The quantitative estimate of drug-likeness (QED) is 0.807. The van der Waals surface area contributed by atoms with Crippen LogP contribution in [0, 0.1) is 17.8 Å².